The van der Waals surface area contributed by atoms with Crippen LogP contribution in [0.3, 0.4) is 0 Å². The summed E-state index contributed by atoms with van der Waals surface area (Å²) in [6.07, 6.45) is 5.05. The van der Waals surface area contributed by atoms with Crippen molar-refractivity contribution in [3.05, 3.63) is 66.7 Å². The number of nitrogens with one attached hydrogen (secondary N) is 2. The fraction of sp³-hybridized carbons (Fsp3) is 0.393. The minimum atomic E-state index is -1.04. The molecule has 1 saturated carbocycles. The van der Waals surface area contributed by atoms with Crippen LogP contribution >= 0.6 is 0 Å². The zero-order chi connectivity index (χ0) is 26.8. The lowest BCUT2D eigenvalue weighted by molar-refractivity contribution is -0.130. The SMILES string of the molecule is O=C(NC1(C(=O)NC2CCN(c3ccccc3-n3cnnn3)CC2O)CCCCC1)c1cc2ccccc2o1. The molecule has 2 aromatic heterocycles. The van der Waals surface area contributed by atoms with E-state index in [0.29, 0.717) is 37.9 Å². The lowest BCUT2D eigenvalue weighted by atomic mass is 9.80. The number of tetrazole rings is 1. The fourth-order valence-corrected chi connectivity index (χ4v) is 5.76. The van der Waals surface area contributed by atoms with Crippen LogP contribution in [-0.4, -0.2) is 67.9 Å². The van der Waals surface area contributed by atoms with Crippen LogP contribution < -0.4 is 15.5 Å². The van der Waals surface area contributed by atoms with Gasteiger partial charge in [-0.3, -0.25) is 9.59 Å². The predicted molar refractivity (Wildman–Crippen MR) is 143 cm³/mol. The zero-order valence-electron chi connectivity index (χ0n) is 21.5. The second-order valence-electron chi connectivity index (χ2n) is 10.4. The van der Waals surface area contributed by atoms with Crippen LogP contribution in [0, 0.1) is 0 Å². The number of aromatic nitrogens is 4. The summed E-state index contributed by atoms with van der Waals surface area (Å²) in [6.45, 7) is 0.960. The molecule has 2 atom stereocenters. The lowest BCUT2D eigenvalue weighted by Crippen LogP contribution is -2.64. The van der Waals surface area contributed by atoms with Crippen LogP contribution in [0.25, 0.3) is 16.7 Å². The van der Waals surface area contributed by atoms with Crippen molar-refractivity contribution in [2.75, 3.05) is 18.0 Å². The average molecular weight is 530 g/mol. The number of β-amino-alcohol motifs (C(OH)–C–C–N with tert-alkyl or cyclic N) is 1. The third-order valence-corrected chi connectivity index (χ3v) is 7.86. The van der Waals surface area contributed by atoms with E-state index in [0.717, 1.165) is 36.0 Å². The van der Waals surface area contributed by atoms with Crippen LogP contribution in [0.15, 0.2) is 65.3 Å². The maximum absolute atomic E-state index is 13.7. The molecule has 1 aliphatic carbocycles. The van der Waals surface area contributed by atoms with Gasteiger partial charge in [0.15, 0.2) is 5.76 Å². The summed E-state index contributed by atoms with van der Waals surface area (Å²) in [5, 5.41) is 29.5. The van der Waals surface area contributed by atoms with Gasteiger partial charge in [0, 0.05) is 18.5 Å². The Bertz CT molecular complexity index is 1430. The van der Waals surface area contributed by atoms with E-state index in [9.17, 15) is 14.7 Å². The van der Waals surface area contributed by atoms with Gasteiger partial charge in [0.1, 0.15) is 17.4 Å². The Morgan fingerprint density at radius 3 is 2.54 bits per heavy atom. The number of hydrogen-bond acceptors (Lipinski definition) is 8. The maximum atomic E-state index is 13.7. The van der Waals surface area contributed by atoms with Crippen molar-refractivity contribution in [2.24, 2.45) is 0 Å². The molecule has 202 valence electrons. The largest absolute Gasteiger partial charge is 0.451 e. The van der Waals surface area contributed by atoms with Crippen molar-refractivity contribution in [1.29, 1.82) is 0 Å². The van der Waals surface area contributed by atoms with Crippen LogP contribution in [0.1, 0.15) is 49.1 Å². The van der Waals surface area contributed by atoms with Crippen molar-refractivity contribution in [2.45, 2.75) is 56.2 Å². The number of furan rings is 1. The van der Waals surface area contributed by atoms with Gasteiger partial charge in [0.2, 0.25) is 5.91 Å². The standard InChI is InChI=1S/C28H31N7O4/c36-23-17-34(21-9-3-4-10-22(21)35-18-29-32-33-35)15-12-20(23)30-27(38)28(13-6-1-7-14-28)31-26(37)25-16-19-8-2-5-11-24(19)39-25/h2-5,8-11,16,18,20,23,36H,1,6-7,12-15,17H2,(H,30,38)(H,31,37). The second kappa shape index (κ2) is 10.5. The molecule has 39 heavy (non-hydrogen) atoms. The summed E-state index contributed by atoms with van der Waals surface area (Å²) in [6, 6.07) is 16.4. The molecule has 11 heteroatoms. The first-order valence-corrected chi connectivity index (χ1v) is 13.4. The zero-order valence-corrected chi connectivity index (χ0v) is 21.5. The van der Waals surface area contributed by atoms with E-state index in [-0.39, 0.29) is 11.7 Å². The predicted octanol–water partition coefficient (Wildman–Crippen LogP) is 2.60. The van der Waals surface area contributed by atoms with Gasteiger partial charge in [0.05, 0.1) is 23.5 Å². The normalized spacial score (nSPS) is 21.0. The molecule has 0 radical (unpaired) electrons. The van der Waals surface area contributed by atoms with E-state index < -0.39 is 23.6 Å². The smallest absolute Gasteiger partial charge is 0.287 e. The van der Waals surface area contributed by atoms with Gasteiger partial charge in [-0.1, -0.05) is 49.6 Å². The maximum Gasteiger partial charge on any atom is 0.287 e. The number of carbonyl (C=O) groups is 2. The Morgan fingerprint density at radius 1 is 1.03 bits per heavy atom. The minimum Gasteiger partial charge on any atom is -0.451 e. The lowest BCUT2D eigenvalue weighted by Gasteiger charge is -2.41. The number of nitrogens with zero attached hydrogens (tertiary/aromatic N) is 5. The van der Waals surface area contributed by atoms with E-state index in [1.807, 2.05) is 48.5 Å². The minimum absolute atomic E-state index is 0.184. The number of piperidine rings is 1. The van der Waals surface area contributed by atoms with E-state index in [1.165, 1.54) is 6.33 Å². The highest BCUT2D eigenvalue weighted by molar-refractivity contribution is 6.00. The highest BCUT2D eigenvalue weighted by atomic mass is 16.3. The molecular weight excluding hydrogens is 498 g/mol. The molecule has 3 heterocycles. The first-order chi connectivity index (χ1) is 19.0. The first kappa shape index (κ1) is 25.1. The Morgan fingerprint density at radius 2 is 1.79 bits per heavy atom. The number of aliphatic hydroxyl groups excluding tert-OH is 1. The number of para-hydroxylation sites is 3. The molecule has 3 N–H and O–H groups in total. The summed E-state index contributed by atoms with van der Waals surface area (Å²) < 4.78 is 7.34. The molecule has 2 fully saturated rings. The van der Waals surface area contributed by atoms with Crippen LogP contribution in [0.5, 0.6) is 0 Å². The molecule has 11 nitrogen and oxygen atoms in total. The Labute approximate surface area is 225 Å². The van der Waals surface area contributed by atoms with Crippen LogP contribution in [0.2, 0.25) is 0 Å². The van der Waals surface area contributed by atoms with Crippen molar-refractivity contribution in [3.8, 4) is 5.69 Å². The van der Waals surface area contributed by atoms with Crippen molar-refractivity contribution in [3.63, 3.8) is 0 Å². The van der Waals surface area contributed by atoms with Crippen molar-refractivity contribution < 1.29 is 19.1 Å². The molecule has 2 aliphatic rings. The summed E-state index contributed by atoms with van der Waals surface area (Å²) in [5.41, 5.74) is 1.29. The first-order valence-electron chi connectivity index (χ1n) is 13.4. The number of benzene rings is 2. The highest BCUT2D eigenvalue weighted by Crippen LogP contribution is 2.31. The molecular formula is C28H31N7O4. The number of aliphatic hydroxyl groups is 1. The van der Waals surface area contributed by atoms with Gasteiger partial charge >= 0.3 is 0 Å². The topological polar surface area (TPSA) is 138 Å². The summed E-state index contributed by atoms with van der Waals surface area (Å²) >= 11 is 0. The average Bonchev–Trinajstić information content (AvgIpc) is 3.65. The van der Waals surface area contributed by atoms with Gasteiger partial charge < -0.3 is 25.1 Å². The van der Waals surface area contributed by atoms with Crippen LogP contribution in [0.4, 0.5) is 5.69 Å². The quantitative estimate of drug-likeness (QED) is 0.347. The number of hydrogen-bond donors (Lipinski definition) is 3. The fourth-order valence-electron chi connectivity index (χ4n) is 5.76. The Hall–Kier alpha value is -4.25. The number of amides is 2. The molecule has 0 spiro atoms. The molecule has 4 aromatic rings. The summed E-state index contributed by atoms with van der Waals surface area (Å²) in [5.74, 6) is -0.473. The van der Waals surface area contributed by atoms with Crippen LogP contribution in [-0.2, 0) is 4.79 Å². The molecule has 6 rings (SSSR count). The van der Waals surface area contributed by atoms with Gasteiger partial charge in [-0.05, 0) is 54.0 Å². The molecule has 1 aliphatic heterocycles. The molecule has 2 amide bonds. The number of anilines is 1. The monoisotopic (exact) mass is 529 g/mol. The van der Waals surface area contributed by atoms with E-state index in [4.69, 9.17) is 4.42 Å². The summed E-state index contributed by atoms with van der Waals surface area (Å²) in [7, 11) is 0. The molecule has 1 saturated heterocycles. The number of carbonyl (C=O) groups excluding carboxylic acids is 2. The van der Waals surface area contributed by atoms with Gasteiger partial charge in [-0.25, -0.2) is 0 Å². The van der Waals surface area contributed by atoms with Crippen molar-refractivity contribution >= 4 is 28.5 Å². The number of rotatable bonds is 6. The second-order valence-corrected chi connectivity index (χ2v) is 10.4. The Kier molecular flexibility index (Phi) is 6.74. The third kappa shape index (κ3) is 4.97. The third-order valence-electron chi connectivity index (χ3n) is 7.86. The van der Waals surface area contributed by atoms with Gasteiger partial charge in [-0.15, -0.1) is 5.10 Å². The van der Waals surface area contributed by atoms with Gasteiger partial charge in [-0.2, -0.15) is 4.68 Å². The van der Waals surface area contributed by atoms with E-state index in [2.05, 4.69) is 31.1 Å². The summed E-state index contributed by atoms with van der Waals surface area (Å²) in [4.78, 5) is 29.0. The van der Waals surface area contributed by atoms with Gasteiger partial charge in [0.25, 0.3) is 5.91 Å². The molecule has 0 bridgehead atoms. The molecule has 2 unspecified atom stereocenters. The Balaban J connectivity index is 1.15. The van der Waals surface area contributed by atoms with E-state index in [1.54, 1.807) is 10.7 Å². The van der Waals surface area contributed by atoms with Crippen molar-refractivity contribution in [1.82, 2.24) is 30.8 Å². The number of fused-ring (bicyclic) bond motifs is 1. The molecule has 2 aromatic carbocycles. The highest BCUT2D eigenvalue weighted by Gasteiger charge is 2.43. The van der Waals surface area contributed by atoms with E-state index >= 15 is 0 Å².